The number of para-hydroxylation sites is 1. The maximum atomic E-state index is 9.04. The summed E-state index contributed by atoms with van der Waals surface area (Å²) in [7, 11) is 0. The molecule has 0 aliphatic rings. The van der Waals surface area contributed by atoms with Crippen LogP contribution in [0.3, 0.4) is 0 Å². The molecule has 0 spiro atoms. The van der Waals surface area contributed by atoms with E-state index >= 15 is 0 Å². The zero-order valence-electron chi connectivity index (χ0n) is 10.1. The van der Waals surface area contributed by atoms with E-state index in [1.807, 2.05) is 13.8 Å². The lowest BCUT2D eigenvalue weighted by atomic mass is 10.2. The smallest absolute Gasteiger partial charge is 0.101 e. The molecule has 1 aromatic heterocycles. The number of anilines is 1. The van der Waals surface area contributed by atoms with Gasteiger partial charge in [0.15, 0.2) is 0 Å². The minimum atomic E-state index is 0.548. The molecule has 0 atom stereocenters. The van der Waals surface area contributed by atoms with Crippen molar-refractivity contribution < 1.29 is 0 Å². The summed E-state index contributed by atoms with van der Waals surface area (Å²) in [5, 5.41) is 13.8. The summed E-state index contributed by atoms with van der Waals surface area (Å²) in [5.74, 6) is 0. The molecule has 3 nitrogen and oxygen atoms in total. The fourth-order valence-corrected chi connectivity index (χ4v) is 2.78. The zero-order valence-corrected chi connectivity index (χ0v) is 11.7. The van der Waals surface area contributed by atoms with E-state index in [4.69, 9.17) is 16.9 Å². The number of nitrogens with zero attached hydrogens (tertiary/aromatic N) is 2. The normalized spacial score (nSPS) is 10.1. The Balaban J connectivity index is 2.21. The van der Waals surface area contributed by atoms with E-state index in [9.17, 15) is 0 Å². The number of aromatic nitrogens is 1. The lowest BCUT2D eigenvalue weighted by molar-refractivity contribution is 1.04. The van der Waals surface area contributed by atoms with Crippen LogP contribution in [0.1, 0.15) is 21.1 Å². The summed E-state index contributed by atoms with van der Waals surface area (Å²) in [6.45, 7) is 4.60. The van der Waals surface area contributed by atoms with Crippen LogP contribution in [0, 0.1) is 25.2 Å². The van der Waals surface area contributed by atoms with Gasteiger partial charge in [0.25, 0.3) is 0 Å². The molecule has 5 heteroatoms. The molecule has 0 bridgehead atoms. The second-order valence-corrected chi connectivity index (χ2v) is 5.68. The quantitative estimate of drug-likeness (QED) is 0.926. The Morgan fingerprint density at radius 1 is 1.44 bits per heavy atom. The summed E-state index contributed by atoms with van der Waals surface area (Å²) in [5.41, 5.74) is 2.22. The van der Waals surface area contributed by atoms with Crippen LogP contribution in [0.25, 0.3) is 0 Å². The SMILES string of the molecule is Cc1nc(CNc2c(Cl)cccc2C#N)c(C)s1. The fraction of sp³-hybridized carbons (Fsp3) is 0.231. The second-order valence-electron chi connectivity index (χ2n) is 3.86. The van der Waals surface area contributed by atoms with Gasteiger partial charge in [-0.15, -0.1) is 11.3 Å². The molecule has 0 radical (unpaired) electrons. The number of halogens is 1. The molecule has 0 amide bonds. The molecule has 0 saturated carbocycles. The van der Waals surface area contributed by atoms with Crippen molar-refractivity contribution in [2.45, 2.75) is 20.4 Å². The van der Waals surface area contributed by atoms with Crippen LogP contribution in [0.5, 0.6) is 0 Å². The van der Waals surface area contributed by atoms with Crippen LogP contribution in [0.4, 0.5) is 5.69 Å². The second kappa shape index (κ2) is 5.38. The van der Waals surface area contributed by atoms with Crippen LogP contribution in [-0.2, 0) is 6.54 Å². The first kappa shape index (κ1) is 12.9. The van der Waals surface area contributed by atoms with Crippen molar-refractivity contribution in [2.24, 2.45) is 0 Å². The molecular weight excluding hydrogens is 266 g/mol. The van der Waals surface area contributed by atoms with Gasteiger partial charge in [0.1, 0.15) is 6.07 Å². The van der Waals surface area contributed by atoms with Gasteiger partial charge in [-0.05, 0) is 26.0 Å². The summed E-state index contributed by atoms with van der Waals surface area (Å²) in [6.07, 6.45) is 0. The van der Waals surface area contributed by atoms with Crippen molar-refractivity contribution in [1.82, 2.24) is 4.98 Å². The first-order chi connectivity index (χ1) is 8.61. The molecule has 0 saturated heterocycles. The van der Waals surface area contributed by atoms with Gasteiger partial charge >= 0.3 is 0 Å². The Kier molecular flexibility index (Phi) is 3.85. The number of thiazole rings is 1. The molecule has 1 aromatic carbocycles. The van der Waals surface area contributed by atoms with Crippen LogP contribution in [-0.4, -0.2) is 4.98 Å². The van der Waals surface area contributed by atoms with Crippen molar-refractivity contribution in [3.05, 3.63) is 44.4 Å². The molecule has 2 rings (SSSR count). The zero-order chi connectivity index (χ0) is 13.1. The van der Waals surface area contributed by atoms with Crippen molar-refractivity contribution in [3.8, 4) is 6.07 Å². The van der Waals surface area contributed by atoms with E-state index in [2.05, 4.69) is 16.4 Å². The molecule has 0 aliphatic carbocycles. The van der Waals surface area contributed by atoms with Gasteiger partial charge in [0.05, 0.1) is 33.5 Å². The largest absolute Gasteiger partial charge is 0.377 e. The van der Waals surface area contributed by atoms with Gasteiger partial charge in [0.2, 0.25) is 0 Å². The van der Waals surface area contributed by atoms with Crippen LogP contribution < -0.4 is 5.32 Å². The molecule has 2 aromatic rings. The number of benzene rings is 1. The Hall–Kier alpha value is -1.57. The van der Waals surface area contributed by atoms with Gasteiger partial charge in [-0.2, -0.15) is 5.26 Å². The van der Waals surface area contributed by atoms with Crippen molar-refractivity contribution in [3.63, 3.8) is 0 Å². The third-order valence-electron chi connectivity index (χ3n) is 2.57. The van der Waals surface area contributed by atoms with E-state index in [0.717, 1.165) is 10.7 Å². The predicted molar refractivity (Wildman–Crippen MR) is 75.1 cm³/mol. The summed E-state index contributed by atoms with van der Waals surface area (Å²) < 4.78 is 0. The Morgan fingerprint density at radius 3 is 2.83 bits per heavy atom. The monoisotopic (exact) mass is 277 g/mol. The molecule has 92 valence electrons. The minimum Gasteiger partial charge on any atom is -0.377 e. The Labute approximate surface area is 115 Å². The molecule has 0 aliphatic heterocycles. The number of nitrogens with one attached hydrogen (secondary N) is 1. The lowest BCUT2D eigenvalue weighted by Gasteiger charge is -2.09. The van der Waals surface area contributed by atoms with E-state index in [1.54, 1.807) is 29.5 Å². The maximum Gasteiger partial charge on any atom is 0.101 e. The van der Waals surface area contributed by atoms with E-state index in [1.165, 1.54) is 4.88 Å². The highest BCUT2D eigenvalue weighted by Crippen LogP contribution is 2.26. The molecule has 1 N–H and O–H groups in total. The first-order valence-electron chi connectivity index (χ1n) is 5.47. The van der Waals surface area contributed by atoms with Gasteiger partial charge in [-0.1, -0.05) is 17.7 Å². The molecule has 1 heterocycles. The van der Waals surface area contributed by atoms with Crippen LogP contribution >= 0.6 is 22.9 Å². The maximum absolute atomic E-state index is 9.04. The van der Waals surface area contributed by atoms with Gasteiger partial charge in [0, 0.05) is 4.88 Å². The van der Waals surface area contributed by atoms with Crippen LogP contribution in [0.2, 0.25) is 5.02 Å². The average Bonchev–Trinajstić information content (AvgIpc) is 2.66. The highest BCUT2D eigenvalue weighted by atomic mass is 35.5. The van der Waals surface area contributed by atoms with Crippen molar-refractivity contribution in [2.75, 3.05) is 5.32 Å². The van der Waals surface area contributed by atoms with Gasteiger partial charge in [-0.25, -0.2) is 4.98 Å². The average molecular weight is 278 g/mol. The van der Waals surface area contributed by atoms with Gasteiger partial charge < -0.3 is 5.32 Å². The topological polar surface area (TPSA) is 48.7 Å². The summed E-state index contributed by atoms with van der Waals surface area (Å²) in [6, 6.07) is 7.41. The molecule has 18 heavy (non-hydrogen) atoms. The lowest BCUT2D eigenvalue weighted by Crippen LogP contribution is -2.03. The van der Waals surface area contributed by atoms with E-state index in [-0.39, 0.29) is 0 Å². The standard InChI is InChI=1S/C13H12ClN3S/c1-8-12(17-9(2)18-8)7-16-13-10(6-15)4-3-5-11(13)14/h3-5,16H,7H2,1-2H3. The number of hydrogen-bond acceptors (Lipinski definition) is 4. The van der Waals surface area contributed by atoms with Crippen LogP contribution in [0.15, 0.2) is 18.2 Å². The van der Waals surface area contributed by atoms with Crippen molar-refractivity contribution >= 4 is 28.6 Å². The number of hydrogen-bond donors (Lipinski definition) is 1. The first-order valence-corrected chi connectivity index (χ1v) is 6.66. The minimum absolute atomic E-state index is 0.548. The third-order valence-corrected chi connectivity index (χ3v) is 3.81. The van der Waals surface area contributed by atoms with E-state index < -0.39 is 0 Å². The summed E-state index contributed by atoms with van der Waals surface area (Å²) >= 11 is 7.76. The Bertz CT molecular complexity index is 613. The Morgan fingerprint density at radius 2 is 2.22 bits per heavy atom. The molecule has 0 fully saturated rings. The highest BCUT2D eigenvalue weighted by molar-refractivity contribution is 7.11. The highest BCUT2D eigenvalue weighted by Gasteiger charge is 2.09. The van der Waals surface area contributed by atoms with Crippen molar-refractivity contribution in [1.29, 1.82) is 5.26 Å². The fourth-order valence-electron chi connectivity index (χ4n) is 1.71. The predicted octanol–water partition coefficient (Wildman–Crippen LogP) is 3.90. The van der Waals surface area contributed by atoms with Gasteiger partial charge in [-0.3, -0.25) is 0 Å². The number of rotatable bonds is 3. The number of aryl methyl sites for hydroxylation is 2. The summed E-state index contributed by atoms with van der Waals surface area (Å²) in [4.78, 5) is 5.63. The third kappa shape index (κ3) is 2.63. The number of nitriles is 1. The molecule has 0 unspecified atom stereocenters. The van der Waals surface area contributed by atoms with E-state index in [0.29, 0.717) is 22.8 Å². The molecular formula is C13H12ClN3S.